The van der Waals surface area contributed by atoms with Crippen LogP contribution < -0.4 is 10.6 Å². The number of aromatic hydroxyl groups is 1. The van der Waals surface area contributed by atoms with Gasteiger partial charge in [-0.15, -0.1) is 0 Å². The van der Waals surface area contributed by atoms with Gasteiger partial charge in [0.15, 0.2) is 0 Å². The van der Waals surface area contributed by atoms with Gasteiger partial charge in [0.2, 0.25) is 11.8 Å². The molecule has 0 bridgehead atoms. The maximum Gasteiger partial charge on any atom is 0.220 e. The summed E-state index contributed by atoms with van der Waals surface area (Å²) in [5, 5.41) is 15.2. The fourth-order valence-electron chi connectivity index (χ4n) is 2.13. The topological polar surface area (TPSA) is 78.4 Å². The molecule has 0 aliphatic carbocycles. The molecule has 19 heavy (non-hydrogen) atoms. The van der Waals surface area contributed by atoms with E-state index >= 15 is 0 Å². The molecule has 1 unspecified atom stereocenters. The summed E-state index contributed by atoms with van der Waals surface area (Å²) in [6.45, 7) is 0.501. The maximum absolute atomic E-state index is 11.8. The number of benzene rings is 1. The molecule has 1 aromatic carbocycles. The first-order valence-corrected chi connectivity index (χ1v) is 6.48. The third-order valence-corrected chi connectivity index (χ3v) is 3.24. The summed E-state index contributed by atoms with van der Waals surface area (Å²) in [5.74, 6) is 0.212. The van der Waals surface area contributed by atoms with E-state index in [-0.39, 0.29) is 23.6 Å². The maximum atomic E-state index is 11.8. The Morgan fingerprint density at radius 1 is 1.42 bits per heavy atom. The molecule has 1 aliphatic rings. The van der Waals surface area contributed by atoms with Crippen LogP contribution in [0.3, 0.4) is 0 Å². The zero-order valence-corrected chi connectivity index (χ0v) is 10.7. The van der Waals surface area contributed by atoms with Gasteiger partial charge in [-0.1, -0.05) is 18.2 Å². The highest BCUT2D eigenvalue weighted by Crippen LogP contribution is 2.17. The van der Waals surface area contributed by atoms with Crippen molar-refractivity contribution in [3.05, 3.63) is 29.8 Å². The molecule has 2 rings (SSSR count). The molecule has 3 N–H and O–H groups in total. The van der Waals surface area contributed by atoms with Gasteiger partial charge < -0.3 is 15.7 Å². The fraction of sp³-hybridized carbons (Fsp3) is 0.429. The molecule has 0 spiro atoms. The molecule has 0 aromatic heterocycles. The van der Waals surface area contributed by atoms with Crippen molar-refractivity contribution in [2.24, 2.45) is 0 Å². The second-order valence-corrected chi connectivity index (χ2v) is 4.74. The van der Waals surface area contributed by atoms with Gasteiger partial charge in [0.25, 0.3) is 0 Å². The number of amides is 2. The van der Waals surface area contributed by atoms with Crippen LogP contribution in [-0.4, -0.2) is 29.5 Å². The first kappa shape index (κ1) is 13.4. The zero-order chi connectivity index (χ0) is 13.7. The van der Waals surface area contributed by atoms with Gasteiger partial charge >= 0.3 is 0 Å². The number of aryl methyl sites for hydroxylation is 1. The normalized spacial score (nSPS) is 18.7. The van der Waals surface area contributed by atoms with Crippen molar-refractivity contribution in [3.8, 4) is 5.75 Å². The minimum Gasteiger partial charge on any atom is -0.508 e. The van der Waals surface area contributed by atoms with E-state index in [0.717, 1.165) is 5.56 Å². The quantitative estimate of drug-likeness (QED) is 0.748. The standard InChI is InChI=1S/C14H18N2O3/c17-12-4-2-1-3-10(12)5-7-14(19)16-11-6-8-13(18)15-9-11/h1-4,11,17H,5-9H2,(H,15,18)(H,16,19). The van der Waals surface area contributed by atoms with Gasteiger partial charge in [0.1, 0.15) is 5.75 Å². The van der Waals surface area contributed by atoms with Crippen molar-refractivity contribution >= 4 is 11.8 Å². The molecule has 5 nitrogen and oxygen atoms in total. The molecule has 1 aliphatic heterocycles. The smallest absolute Gasteiger partial charge is 0.220 e. The Bertz CT molecular complexity index is 464. The van der Waals surface area contributed by atoms with Crippen molar-refractivity contribution in [1.82, 2.24) is 10.6 Å². The van der Waals surface area contributed by atoms with E-state index in [4.69, 9.17) is 0 Å². The number of phenolic OH excluding ortho intramolecular Hbond substituents is 1. The Balaban J connectivity index is 1.76. The predicted molar refractivity (Wildman–Crippen MR) is 70.6 cm³/mol. The van der Waals surface area contributed by atoms with Crippen molar-refractivity contribution in [2.75, 3.05) is 6.54 Å². The summed E-state index contributed by atoms with van der Waals surface area (Å²) >= 11 is 0. The van der Waals surface area contributed by atoms with Gasteiger partial charge in [0.05, 0.1) is 0 Å². The van der Waals surface area contributed by atoms with Crippen LogP contribution in [0, 0.1) is 0 Å². The number of hydrogen-bond donors (Lipinski definition) is 3. The summed E-state index contributed by atoms with van der Waals surface area (Å²) in [5.41, 5.74) is 0.773. The molecule has 5 heteroatoms. The lowest BCUT2D eigenvalue weighted by molar-refractivity contribution is -0.125. The third kappa shape index (κ3) is 3.98. The molecule has 1 heterocycles. The number of piperidine rings is 1. The fourth-order valence-corrected chi connectivity index (χ4v) is 2.13. The Kier molecular flexibility index (Phi) is 4.39. The van der Waals surface area contributed by atoms with Gasteiger partial charge in [-0.25, -0.2) is 0 Å². The molecule has 0 radical (unpaired) electrons. The predicted octanol–water partition coefficient (Wildman–Crippen LogP) is 0.720. The van der Waals surface area contributed by atoms with Crippen molar-refractivity contribution in [3.63, 3.8) is 0 Å². The first-order chi connectivity index (χ1) is 9.15. The number of para-hydroxylation sites is 1. The molecular weight excluding hydrogens is 244 g/mol. The summed E-state index contributed by atoms with van der Waals surface area (Å²) in [6, 6.07) is 7.04. The second kappa shape index (κ2) is 6.22. The zero-order valence-electron chi connectivity index (χ0n) is 10.7. The highest BCUT2D eigenvalue weighted by molar-refractivity contribution is 5.79. The highest BCUT2D eigenvalue weighted by Gasteiger charge is 2.19. The molecule has 1 aromatic rings. The van der Waals surface area contributed by atoms with Crippen LogP contribution in [0.15, 0.2) is 24.3 Å². The second-order valence-electron chi connectivity index (χ2n) is 4.74. The molecular formula is C14H18N2O3. The van der Waals surface area contributed by atoms with E-state index in [1.807, 2.05) is 12.1 Å². The van der Waals surface area contributed by atoms with Crippen molar-refractivity contribution < 1.29 is 14.7 Å². The Morgan fingerprint density at radius 3 is 2.89 bits per heavy atom. The lowest BCUT2D eigenvalue weighted by Gasteiger charge is -2.23. The van der Waals surface area contributed by atoms with E-state index in [9.17, 15) is 14.7 Å². The van der Waals surface area contributed by atoms with Crippen LogP contribution in [0.2, 0.25) is 0 Å². The molecule has 1 saturated heterocycles. The lowest BCUT2D eigenvalue weighted by Crippen LogP contribution is -2.47. The minimum absolute atomic E-state index is 0.0228. The largest absolute Gasteiger partial charge is 0.508 e. The van der Waals surface area contributed by atoms with Crippen molar-refractivity contribution in [1.29, 1.82) is 0 Å². The van der Waals surface area contributed by atoms with Crippen LogP contribution in [0.1, 0.15) is 24.8 Å². The summed E-state index contributed by atoms with van der Waals surface area (Å²) < 4.78 is 0. The summed E-state index contributed by atoms with van der Waals surface area (Å²) in [7, 11) is 0. The average Bonchev–Trinajstić information content (AvgIpc) is 2.40. The molecule has 102 valence electrons. The lowest BCUT2D eigenvalue weighted by atomic mass is 10.1. The number of carbonyl (C=O) groups is 2. The highest BCUT2D eigenvalue weighted by atomic mass is 16.3. The SMILES string of the molecule is O=C1CCC(NC(=O)CCc2ccccc2O)CN1. The summed E-state index contributed by atoms with van der Waals surface area (Å²) in [4.78, 5) is 22.8. The molecule has 2 amide bonds. The van der Waals surface area contributed by atoms with Crippen LogP contribution in [0.5, 0.6) is 5.75 Å². The van der Waals surface area contributed by atoms with Gasteiger partial charge in [-0.2, -0.15) is 0 Å². The van der Waals surface area contributed by atoms with Gasteiger partial charge in [-0.3, -0.25) is 9.59 Å². The molecule has 0 saturated carbocycles. The van der Waals surface area contributed by atoms with Crippen LogP contribution >= 0.6 is 0 Å². The van der Waals surface area contributed by atoms with E-state index in [1.165, 1.54) is 0 Å². The molecule has 1 atom stereocenters. The number of carbonyl (C=O) groups excluding carboxylic acids is 2. The first-order valence-electron chi connectivity index (χ1n) is 6.48. The Labute approximate surface area is 112 Å². The average molecular weight is 262 g/mol. The molecule has 1 fully saturated rings. The van der Waals surface area contributed by atoms with E-state index in [2.05, 4.69) is 10.6 Å². The van der Waals surface area contributed by atoms with E-state index in [0.29, 0.717) is 32.2 Å². The number of phenols is 1. The Morgan fingerprint density at radius 2 is 2.21 bits per heavy atom. The van der Waals surface area contributed by atoms with E-state index < -0.39 is 0 Å². The number of hydrogen-bond acceptors (Lipinski definition) is 3. The third-order valence-electron chi connectivity index (χ3n) is 3.24. The number of rotatable bonds is 4. The van der Waals surface area contributed by atoms with Crippen LogP contribution in [-0.2, 0) is 16.0 Å². The monoisotopic (exact) mass is 262 g/mol. The van der Waals surface area contributed by atoms with Crippen LogP contribution in [0.4, 0.5) is 0 Å². The summed E-state index contributed by atoms with van der Waals surface area (Å²) in [6.07, 6.45) is 2.00. The minimum atomic E-state index is -0.0515. The Hall–Kier alpha value is -2.04. The van der Waals surface area contributed by atoms with Gasteiger partial charge in [-0.05, 0) is 24.5 Å². The van der Waals surface area contributed by atoms with Crippen LogP contribution in [0.25, 0.3) is 0 Å². The van der Waals surface area contributed by atoms with Crippen molar-refractivity contribution in [2.45, 2.75) is 31.7 Å². The number of nitrogens with one attached hydrogen (secondary N) is 2. The van der Waals surface area contributed by atoms with Gasteiger partial charge in [0, 0.05) is 25.4 Å². The van der Waals surface area contributed by atoms with E-state index in [1.54, 1.807) is 12.1 Å².